The molecule has 1 heterocycles. The molecule has 1 fully saturated rings. The monoisotopic (exact) mass is 281 g/mol. The number of rotatable bonds is 5. The van der Waals surface area contributed by atoms with Crippen LogP contribution in [0.3, 0.4) is 0 Å². The van der Waals surface area contributed by atoms with E-state index in [1.165, 1.54) is 0 Å². The second-order valence-corrected chi connectivity index (χ2v) is 6.57. The molecular weight excluding hydrogens is 254 g/mol. The van der Waals surface area contributed by atoms with Crippen molar-refractivity contribution in [3.63, 3.8) is 0 Å². The standard InChI is InChI=1S/C15H27N3O2/c1-10(2)9-12(16)13-17-14(18-20-13)15(19-4)7-5-11(3)6-8-15/h10-12H,5-9,16H2,1-4H3/t11?,12-,15?/m1/s1. The van der Waals surface area contributed by atoms with Crippen LogP contribution in [-0.2, 0) is 10.3 Å². The molecule has 20 heavy (non-hydrogen) atoms. The largest absolute Gasteiger partial charge is 0.370 e. The zero-order valence-electron chi connectivity index (χ0n) is 13.1. The zero-order valence-corrected chi connectivity index (χ0v) is 13.1. The SMILES string of the molecule is COC1(c2noc([C@H](N)CC(C)C)n2)CCC(C)CC1. The number of ether oxygens (including phenoxy) is 1. The van der Waals surface area contributed by atoms with Crippen molar-refractivity contribution in [3.05, 3.63) is 11.7 Å². The van der Waals surface area contributed by atoms with Crippen molar-refractivity contribution in [2.45, 2.75) is 64.5 Å². The Hall–Kier alpha value is -0.940. The van der Waals surface area contributed by atoms with E-state index in [4.69, 9.17) is 15.0 Å². The van der Waals surface area contributed by atoms with Gasteiger partial charge < -0.3 is 15.0 Å². The van der Waals surface area contributed by atoms with Crippen LogP contribution in [-0.4, -0.2) is 17.3 Å². The minimum atomic E-state index is -0.383. The van der Waals surface area contributed by atoms with Gasteiger partial charge in [0.05, 0.1) is 6.04 Å². The lowest BCUT2D eigenvalue weighted by molar-refractivity contribution is -0.0609. The Bertz CT molecular complexity index is 423. The summed E-state index contributed by atoms with van der Waals surface area (Å²) in [6, 6.07) is -0.187. The third kappa shape index (κ3) is 3.20. The summed E-state index contributed by atoms with van der Waals surface area (Å²) in [4.78, 5) is 4.53. The predicted molar refractivity (Wildman–Crippen MR) is 77.0 cm³/mol. The van der Waals surface area contributed by atoms with Crippen LogP contribution in [0, 0.1) is 11.8 Å². The molecule has 1 atom stereocenters. The molecule has 2 N–H and O–H groups in total. The van der Waals surface area contributed by atoms with E-state index >= 15 is 0 Å². The van der Waals surface area contributed by atoms with Crippen molar-refractivity contribution >= 4 is 0 Å². The number of aromatic nitrogens is 2. The predicted octanol–water partition coefficient (Wildman–Crippen LogP) is 3.17. The Labute approximate surface area is 121 Å². The lowest BCUT2D eigenvalue weighted by Crippen LogP contribution is -2.34. The van der Waals surface area contributed by atoms with Crippen molar-refractivity contribution in [2.75, 3.05) is 7.11 Å². The van der Waals surface area contributed by atoms with E-state index in [1.807, 2.05) is 0 Å². The highest BCUT2D eigenvalue weighted by Crippen LogP contribution is 2.41. The van der Waals surface area contributed by atoms with E-state index < -0.39 is 0 Å². The van der Waals surface area contributed by atoms with E-state index in [-0.39, 0.29) is 11.6 Å². The molecular formula is C15H27N3O2. The normalized spacial score (nSPS) is 28.8. The quantitative estimate of drug-likeness (QED) is 0.897. The van der Waals surface area contributed by atoms with Crippen LogP contribution in [0.15, 0.2) is 4.52 Å². The van der Waals surface area contributed by atoms with Crippen molar-refractivity contribution in [2.24, 2.45) is 17.6 Å². The Kier molecular flexibility index (Phi) is 4.81. The van der Waals surface area contributed by atoms with Crippen LogP contribution in [0.2, 0.25) is 0 Å². The van der Waals surface area contributed by atoms with Gasteiger partial charge in [0.25, 0.3) is 0 Å². The zero-order chi connectivity index (χ0) is 14.8. The summed E-state index contributed by atoms with van der Waals surface area (Å²) in [7, 11) is 1.74. The molecule has 5 nitrogen and oxygen atoms in total. The summed E-state index contributed by atoms with van der Waals surface area (Å²) in [6.45, 7) is 6.55. The number of hydrogen-bond donors (Lipinski definition) is 1. The Balaban J connectivity index is 2.14. The highest BCUT2D eigenvalue weighted by molar-refractivity contribution is 5.05. The van der Waals surface area contributed by atoms with Gasteiger partial charge in [-0.25, -0.2) is 0 Å². The van der Waals surface area contributed by atoms with Gasteiger partial charge >= 0.3 is 0 Å². The Morgan fingerprint density at radius 1 is 1.40 bits per heavy atom. The Morgan fingerprint density at radius 2 is 2.05 bits per heavy atom. The maximum atomic E-state index is 6.11. The highest BCUT2D eigenvalue weighted by atomic mass is 16.5. The van der Waals surface area contributed by atoms with Gasteiger partial charge in [-0.15, -0.1) is 0 Å². The smallest absolute Gasteiger partial charge is 0.243 e. The summed E-state index contributed by atoms with van der Waals surface area (Å²) in [5, 5.41) is 4.15. The fraction of sp³-hybridized carbons (Fsp3) is 0.867. The molecule has 2 rings (SSSR count). The number of nitrogens with two attached hydrogens (primary N) is 1. The minimum Gasteiger partial charge on any atom is -0.370 e. The number of hydrogen-bond acceptors (Lipinski definition) is 5. The molecule has 1 aliphatic carbocycles. The first-order valence-electron chi connectivity index (χ1n) is 7.61. The maximum Gasteiger partial charge on any atom is 0.243 e. The molecule has 0 spiro atoms. The van der Waals surface area contributed by atoms with Gasteiger partial charge in [-0.3, -0.25) is 0 Å². The number of methoxy groups -OCH3 is 1. The molecule has 0 radical (unpaired) electrons. The molecule has 114 valence electrons. The molecule has 1 aromatic heterocycles. The molecule has 1 saturated carbocycles. The molecule has 0 aliphatic heterocycles. The van der Waals surface area contributed by atoms with E-state index in [2.05, 4.69) is 30.9 Å². The van der Waals surface area contributed by atoms with E-state index in [9.17, 15) is 0 Å². The number of nitrogens with zero attached hydrogens (tertiary/aromatic N) is 2. The summed E-state index contributed by atoms with van der Waals surface area (Å²) in [5.74, 6) is 2.45. The third-order valence-corrected chi connectivity index (χ3v) is 4.36. The lowest BCUT2D eigenvalue weighted by Gasteiger charge is -2.35. The van der Waals surface area contributed by atoms with Crippen LogP contribution in [0.1, 0.15) is 70.6 Å². The van der Waals surface area contributed by atoms with E-state index in [0.29, 0.717) is 17.6 Å². The third-order valence-electron chi connectivity index (χ3n) is 4.36. The van der Waals surface area contributed by atoms with Crippen LogP contribution in [0.4, 0.5) is 0 Å². The van der Waals surface area contributed by atoms with Gasteiger partial charge in [0, 0.05) is 7.11 Å². The molecule has 0 bridgehead atoms. The van der Waals surface area contributed by atoms with Crippen molar-refractivity contribution in [1.29, 1.82) is 0 Å². The van der Waals surface area contributed by atoms with Crippen molar-refractivity contribution in [1.82, 2.24) is 10.1 Å². The minimum absolute atomic E-state index is 0.187. The highest BCUT2D eigenvalue weighted by Gasteiger charge is 2.40. The molecule has 0 amide bonds. The lowest BCUT2D eigenvalue weighted by atomic mass is 9.79. The van der Waals surface area contributed by atoms with Gasteiger partial charge in [-0.2, -0.15) is 4.98 Å². The molecule has 1 aliphatic rings. The molecule has 5 heteroatoms. The summed E-state index contributed by atoms with van der Waals surface area (Å²) < 4.78 is 11.1. The Morgan fingerprint density at radius 3 is 2.60 bits per heavy atom. The second kappa shape index (κ2) is 6.22. The van der Waals surface area contributed by atoms with Crippen LogP contribution >= 0.6 is 0 Å². The van der Waals surface area contributed by atoms with Crippen LogP contribution in [0.5, 0.6) is 0 Å². The van der Waals surface area contributed by atoms with Crippen LogP contribution < -0.4 is 5.73 Å². The molecule has 0 aromatic carbocycles. The first-order chi connectivity index (χ1) is 9.47. The van der Waals surface area contributed by atoms with E-state index in [0.717, 1.165) is 38.0 Å². The van der Waals surface area contributed by atoms with Gasteiger partial charge in [0.15, 0.2) is 0 Å². The topological polar surface area (TPSA) is 74.2 Å². The summed E-state index contributed by atoms with van der Waals surface area (Å²) in [6.07, 6.45) is 5.01. The van der Waals surface area contributed by atoms with E-state index in [1.54, 1.807) is 7.11 Å². The summed E-state index contributed by atoms with van der Waals surface area (Å²) in [5.41, 5.74) is 5.73. The molecule has 1 aromatic rings. The van der Waals surface area contributed by atoms with Gasteiger partial charge in [-0.1, -0.05) is 25.9 Å². The first kappa shape index (κ1) is 15.4. The second-order valence-electron chi connectivity index (χ2n) is 6.57. The maximum absolute atomic E-state index is 6.11. The van der Waals surface area contributed by atoms with Gasteiger partial charge in [0.1, 0.15) is 5.60 Å². The van der Waals surface area contributed by atoms with Crippen LogP contribution in [0.25, 0.3) is 0 Å². The van der Waals surface area contributed by atoms with Gasteiger partial charge in [0.2, 0.25) is 11.7 Å². The average molecular weight is 281 g/mol. The summed E-state index contributed by atoms with van der Waals surface area (Å²) >= 11 is 0. The fourth-order valence-electron chi connectivity index (χ4n) is 2.93. The average Bonchev–Trinajstić information content (AvgIpc) is 2.89. The van der Waals surface area contributed by atoms with Crippen molar-refractivity contribution < 1.29 is 9.26 Å². The fourth-order valence-corrected chi connectivity index (χ4v) is 2.93. The van der Waals surface area contributed by atoms with Crippen molar-refractivity contribution in [3.8, 4) is 0 Å². The molecule has 0 unspecified atom stereocenters. The molecule has 0 saturated heterocycles. The first-order valence-corrected chi connectivity index (χ1v) is 7.61. The van der Waals surface area contributed by atoms with Gasteiger partial charge in [-0.05, 0) is 43.9 Å².